The Labute approximate surface area is 108 Å². The van der Waals surface area contributed by atoms with Crippen LogP contribution in [0.25, 0.3) is 0 Å². The van der Waals surface area contributed by atoms with Crippen LogP contribution in [-0.2, 0) is 0 Å². The number of hydrogen-bond acceptors (Lipinski definition) is 5. The number of nitrogens with two attached hydrogens (primary N) is 1. The van der Waals surface area contributed by atoms with Crippen molar-refractivity contribution in [3.05, 3.63) is 17.8 Å². The minimum atomic E-state index is 0.449. The Kier molecular flexibility index (Phi) is 3.68. The summed E-state index contributed by atoms with van der Waals surface area (Å²) in [6, 6.07) is 4.31. The zero-order valence-corrected chi connectivity index (χ0v) is 10.9. The standard InChI is InChI=1S/C13H19N5/c1-17-5-3-12(4-6-17)18(2)13-10(8-14)7-11(15)9-16-13/h7,9,12H,3-6,15H2,1-2H3. The molecule has 0 spiro atoms. The van der Waals surface area contributed by atoms with Crippen LogP contribution in [0.3, 0.4) is 0 Å². The van der Waals surface area contributed by atoms with Gasteiger partial charge in [0.25, 0.3) is 0 Å². The first-order chi connectivity index (χ1) is 8.61. The number of nitrogen functional groups attached to an aromatic ring is 1. The van der Waals surface area contributed by atoms with Crippen molar-refractivity contribution in [2.24, 2.45) is 0 Å². The molecule has 2 rings (SSSR count). The quantitative estimate of drug-likeness (QED) is 0.844. The number of rotatable bonds is 2. The lowest BCUT2D eigenvalue weighted by Gasteiger charge is -2.36. The summed E-state index contributed by atoms with van der Waals surface area (Å²) in [5.74, 6) is 0.737. The van der Waals surface area contributed by atoms with Crippen LogP contribution < -0.4 is 10.6 Å². The third-order valence-corrected chi connectivity index (χ3v) is 3.58. The molecule has 0 unspecified atom stereocenters. The van der Waals surface area contributed by atoms with Crippen molar-refractivity contribution in [2.75, 3.05) is 37.8 Å². The van der Waals surface area contributed by atoms with Gasteiger partial charge in [0.05, 0.1) is 17.4 Å². The molecule has 5 nitrogen and oxygen atoms in total. The van der Waals surface area contributed by atoms with Gasteiger partial charge in [-0.05, 0) is 39.0 Å². The molecule has 1 aliphatic rings. The summed E-state index contributed by atoms with van der Waals surface area (Å²) in [6.45, 7) is 2.18. The van der Waals surface area contributed by atoms with E-state index in [0.29, 0.717) is 17.3 Å². The van der Waals surface area contributed by atoms with Crippen molar-refractivity contribution in [2.45, 2.75) is 18.9 Å². The van der Waals surface area contributed by atoms with Crippen molar-refractivity contribution in [3.8, 4) is 6.07 Å². The molecule has 2 heterocycles. The van der Waals surface area contributed by atoms with E-state index in [1.54, 1.807) is 12.3 Å². The van der Waals surface area contributed by atoms with E-state index >= 15 is 0 Å². The highest BCUT2D eigenvalue weighted by atomic mass is 15.2. The Morgan fingerprint density at radius 3 is 2.78 bits per heavy atom. The first-order valence-corrected chi connectivity index (χ1v) is 6.19. The number of hydrogen-bond donors (Lipinski definition) is 1. The molecule has 1 saturated heterocycles. The smallest absolute Gasteiger partial charge is 0.146 e. The van der Waals surface area contributed by atoms with Crippen molar-refractivity contribution in [1.82, 2.24) is 9.88 Å². The van der Waals surface area contributed by atoms with Gasteiger partial charge in [-0.3, -0.25) is 0 Å². The fraction of sp³-hybridized carbons (Fsp3) is 0.538. The maximum atomic E-state index is 9.15. The van der Waals surface area contributed by atoms with Crippen LogP contribution in [0.2, 0.25) is 0 Å². The summed E-state index contributed by atoms with van der Waals surface area (Å²) >= 11 is 0. The lowest BCUT2D eigenvalue weighted by atomic mass is 10.0. The fourth-order valence-electron chi connectivity index (χ4n) is 2.39. The molecule has 0 bridgehead atoms. The Balaban J connectivity index is 2.18. The normalized spacial score (nSPS) is 17.4. The van der Waals surface area contributed by atoms with Crippen LogP contribution in [0, 0.1) is 11.3 Å². The van der Waals surface area contributed by atoms with E-state index in [-0.39, 0.29) is 0 Å². The molecule has 96 valence electrons. The third-order valence-electron chi connectivity index (χ3n) is 3.58. The highest BCUT2D eigenvalue weighted by Gasteiger charge is 2.23. The van der Waals surface area contributed by atoms with E-state index < -0.39 is 0 Å². The predicted molar refractivity (Wildman–Crippen MR) is 72.3 cm³/mol. The van der Waals surface area contributed by atoms with Gasteiger partial charge in [-0.2, -0.15) is 5.26 Å². The molecule has 0 aliphatic carbocycles. The molecule has 0 saturated carbocycles. The molecular formula is C13H19N5. The summed E-state index contributed by atoms with van der Waals surface area (Å²) in [6.07, 6.45) is 3.81. The van der Waals surface area contributed by atoms with Gasteiger partial charge in [-0.15, -0.1) is 0 Å². The number of aromatic nitrogens is 1. The second kappa shape index (κ2) is 5.23. The maximum Gasteiger partial charge on any atom is 0.146 e. The van der Waals surface area contributed by atoms with Gasteiger partial charge in [0, 0.05) is 13.1 Å². The molecule has 1 aromatic rings. The van der Waals surface area contributed by atoms with Gasteiger partial charge in [0.2, 0.25) is 0 Å². The molecule has 18 heavy (non-hydrogen) atoms. The zero-order valence-electron chi connectivity index (χ0n) is 10.9. The fourth-order valence-corrected chi connectivity index (χ4v) is 2.39. The van der Waals surface area contributed by atoms with E-state index in [0.717, 1.165) is 31.7 Å². The summed E-state index contributed by atoms with van der Waals surface area (Å²) in [7, 11) is 4.15. The molecule has 1 fully saturated rings. The topological polar surface area (TPSA) is 69.2 Å². The van der Waals surface area contributed by atoms with Crippen LogP contribution in [0.5, 0.6) is 0 Å². The Bertz CT molecular complexity index is 457. The first kappa shape index (κ1) is 12.7. The molecule has 1 aromatic heterocycles. The van der Waals surface area contributed by atoms with Crippen LogP contribution in [0.1, 0.15) is 18.4 Å². The summed E-state index contributed by atoms with van der Waals surface area (Å²) < 4.78 is 0. The minimum Gasteiger partial charge on any atom is -0.397 e. The average molecular weight is 245 g/mol. The molecule has 0 amide bonds. The largest absolute Gasteiger partial charge is 0.397 e. The molecule has 0 atom stereocenters. The summed E-state index contributed by atoms with van der Waals surface area (Å²) in [4.78, 5) is 8.75. The number of likely N-dealkylation sites (tertiary alicyclic amines) is 1. The van der Waals surface area contributed by atoms with Crippen molar-refractivity contribution >= 4 is 11.5 Å². The van der Waals surface area contributed by atoms with E-state index in [9.17, 15) is 0 Å². The van der Waals surface area contributed by atoms with E-state index in [2.05, 4.69) is 27.9 Å². The van der Waals surface area contributed by atoms with Crippen molar-refractivity contribution in [3.63, 3.8) is 0 Å². The van der Waals surface area contributed by atoms with E-state index in [1.165, 1.54) is 0 Å². The Hall–Kier alpha value is -1.80. The lowest BCUT2D eigenvalue weighted by molar-refractivity contribution is 0.252. The number of anilines is 2. The lowest BCUT2D eigenvalue weighted by Crippen LogP contribution is -2.42. The van der Waals surface area contributed by atoms with Crippen LogP contribution in [0.15, 0.2) is 12.3 Å². The Morgan fingerprint density at radius 2 is 2.17 bits per heavy atom. The molecule has 5 heteroatoms. The number of pyridine rings is 1. The average Bonchev–Trinajstić information content (AvgIpc) is 2.38. The van der Waals surface area contributed by atoms with Crippen molar-refractivity contribution in [1.29, 1.82) is 5.26 Å². The summed E-state index contributed by atoms with van der Waals surface area (Å²) in [5.41, 5.74) is 6.75. The van der Waals surface area contributed by atoms with Gasteiger partial charge < -0.3 is 15.5 Å². The van der Waals surface area contributed by atoms with Gasteiger partial charge in [-0.25, -0.2) is 4.98 Å². The highest BCUT2D eigenvalue weighted by Crippen LogP contribution is 2.24. The number of piperidine rings is 1. The Morgan fingerprint density at radius 1 is 1.50 bits per heavy atom. The maximum absolute atomic E-state index is 9.15. The number of nitrogens with zero attached hydrogens (tertiary/aromatic N) is 4. The SMILES string of the molecule is CN1CCC(N(C)c2ncc(N)cc2C#N)CC1. The van der Waals surface area contributed by atoms with Gasteiger partial charge in [-0.1, -0.05) is 0 Å². The second-order valence-electron chi connectivity index (χ2n) is 4.90. The van der Waals surface area contributed by atoms with E-state index in [4.69, 9.17) is 11.0 Å². The van der Waals surface area contributed by atoms with Crippen LogP contribution in [-0.4, -0.2) is 43.1 Å². The summed E-state index contributed by atoms with van der Waals surface area (Å²) in [5, 5.41) is 9.15. The second-order valence-corrected chi connectivity index (χ2v) is 4.90. The predicted octanol–water partition coefficient (Wildman–Crippen LogP) is 1.07. The zero-order chi connectivity index (χ0) is 13.1. The third kappa shape index (κ3) is 2.54. The minimum absolute atomic E-state index is 0.449. The monoisotopic (exact) mass is 245 g/mol. The highest BCUT2D eigenvalue weighted by molar-refractivity contribution is 5.58. The molecule has 0 aromatic carbocycles. The molecule has 2 N–H and O–H groups in total. The molecule has 0 radical (unpaired) electrons. The van der Waals surface area contributed by atoms with Crippen molar-refractivity contribution < 1.29 is 0 Å². The van der Waals surface area contributed by atoms with Gasteiger partial charge >= 0.3 is 0 Å². The first-order valence-electron chi connectivity index (χ1n) is 6.19. The van der Waals surface area contributed by atoms with E-state index in [1.807, 2.05) is 7.05 Å². The molecule has 1 aliphatic heterocycles. The van der Waals surface area contributed by atoms with Gasteiger partial charge in [0.15, 0.2) is 0 Å². The number of nitriles is 1. The van der Waals surface area contributed by atoms with Crippen LogP contribution >= 0.6 is 0 Å². The van der Waals surface area contributed by atoms with Crippen LogP contribution in [0.4, 0.5) is 11.5 Å². The molecular weight excluding hydrogens is 226 g/mol. The van der Waals surface area contributed by atoms with Gasteiger partial charge in [0.1, 0.15) is 11.9 Å².